The lowest BCUT2D eigenvalue weighted by molar-refractivity contribution is -0.237. The van der Waals surface area contributed by atoms with Crippen molar-refractivity contribution in [2.75, 3.05) is 0 Å². The van der Waals surface area contributed by atoms with E-state index in [-0.39, 0.29) is 34.9 Å². The van der Waals surface area contributed by atoms with Gasteiger partial charge in [-0.05, 0) is 43.2 Å². The molecule has 2 aromatic carbocycles. The first kappa shape index (κ1) is 24.7. The highest BCUT2D eigenvalue weighted by molar-refractivity contribution is 5.83. The highest BCUT2D eigenvalue weighted by atomic mass is 19.4. The summed E-state index contributed by atoms with van der Waals surface area (Å²) in [4.78, 5) is 13.0. The SMILES string of the molecule is CC(C)(O)c1ncc(-c2ccc3nc4n(c3c2)[C@@H]2C[C@H]4O[C@@H](C(F)(F)F)c3cccc(OC(F)F)c32)cn1. The second-order valence-corrected chi connectivity index (χ2v) is 9.83. The molecule has 2 aromatic heterocycles. The Bertz CT molecular complexity index is 1530. The van der Waals surface area contributed by atoms with Gasteiger partial charge >= 0.3 is 12.8 Å². The van der Waals surface area contributed by atoms with Gasteiger partial charge in [0, 0.05) is 29.9 Å². The first-order valence-electron chi connectivity index (χ1n) is 11.8. The summed E-state index contributed by atoms with van der Waals surface area (Å²) in [6.07, 6.45) is -4.90. The fourth-order valence-electron chi connectivity index (χ4n) is 5.25. The zero-order valence-electron chi connectivity index (χ0n) is 20.1. The third-order valence-corrected chi connectivity index (χ3v) is 6.82. The van der Waals surface area contributed by atoms with Crippen LogP contribution in [0.15, 0.2) is 48.8 Å². The molecule has 4 heterocycles. The van der Waals surface area contributed by atoms with Gasteiger partial charge in [0.1, 0.15) is 23.3 Å². The molecule has 2 aliphatic heterocycles. The Morgan fingerprint density at radius 3 is 2.47 bits per heavy atom. The van der Waals surface area contributed by atoms with Gasteiger partial charge in [-0.2, -0.15) is 22.0 Å². The predicted molar refractivity (Wildman–Crippen MR) is 124 cm³/mol. The van der Waals surface area contributed by atoms with E-state index in [9.17, 15) is 27.1 Å². The number of alkyl halides is 5. The summed E-state index contributed by atoms with van der Waals surface area (Å²) in [5.74, 6) is 0.196. The highest BCUT2D eigenvalue weighted by Gasteiger charge is 2.51. The summed E-state index contributed by atoms with van der Waals surface area (Å²) >= 11 is 0. The lowest BCUT2D eigenvalue weighted by atomic mass is 9.94. The van der Waals surface area contributed by atoms with Crippen LogP contribution in [0.1, 0.15) is 61.3 Å². The molecule has 0 spiro atoms. The van der Waals surface area contributed by atoms with Gasteiger partial charge in [0.2, 0.25) is 0 Å². The van der Waals surface area contributed by atoms with Crippen molar-refractivity contribution >= 4 is 11.0 Å². The summed E-state index contributed by atoms with van der Waals surface area (Å²) in [5.41, 5.74) is 0.960. The molecule has 0 saturated carbocycles. The molecular weight excluding hydrogens is 511 g/mol. The molecule has 38 heavy (non-hydrogen) atoms. The van der Waals surface area contributed by atoms with E-state index in [0.29, 0.717) is 22.2 Å². The fourth-order valence-corrected chi connectivity index (χ4v) is 5.25. The van der Waals surface area contributed by atoms with Gasteiger partial charge in [-0.15, -0.1) is 0 Å². The van der Waals surface area contributed by atoms with E-state index in [4.69, 9.17) is 4.74 Å². The molecule has 0 fully saturated rings. The maximum atomic E-state index is 14.1. The van der Waals surface area contributed by atoms with E-state index in [1.54, 1.807) is 49.0 Å². The van der Waals surface area contributed by atoms with Gasteiger partial charge in [0.05, 0.1) is 17.1 Å². The van der Waals surface area contributed by atoms with Crippen LogP contribution in [0.3, 0.4) is 0 Å². The largest absolute Gasteiger partial charge is 0.434 e. The molecule has 2 aliphatic rings. The molecule has 12 heteroatoms. The van der Waals surface area contributed by atoms with E-state index >= 15 is 0 Å². The topological polar surface area (TPSA) is 82.3 Å². The number of aromatic nitrogens is 4. The van der Waals surface area contributed by atoms with Crippen LogP contribution in [-0.4, -0.2) is 37.4 Å². The summed E-state index contributed by atoms with van der Waals surface area (Å²) in [7, 11) is 0. The van der Waals surface area contributed by atoms with Crippen LogP contribution in [0, 0.1) is 0 Å². The lowest BCUT2D eigenvalue weighted by Gasteiger charge is -2.27. The maximum Gasteiger partial charge on any atom is 0.418 e. The first-order chi connectivity index (χ1) is 17.9. The Kier molecular flexibility index (Phi) is 5.48. The quantitative estimate of drug-likeness (QED) is 0.325. The Labute approximate surface area is 212 Å². The van der Waals surface area contributed by atoms with Crippen LogP contribution in [0.4, 0.5) is 22.0 Å². The number of fused-ring (bicyclic) bond motifs is 9. The highest BCUT2D eigenvalue weighted by Crippen LogP contribution is 2.55. The van der Waals surface area contributed by atoms with Crippen molar-refractivity contribution in [2.45, 2.75) is 56.9 Å². The minimum absolute atomic E-state index is 0.000980. The number of hydrogen-bond donors (Lipinski definition) is 1. The Balaban J connectivity index is 1.51. The van der Waals surface area contributed by atoms with E-state index in [1.165, 1.54) is 18.2 Å². The van der Waals surface area contributed by atoms with Gasteiger partial charge < -0.3 is 19.1 Å². The van der Waals surface area contributed by atoms with Gasteiger partial charge in [0.15, 0.2) is 11.9 Å². The van der Waals surface area contributed by atoms with Crippen molar-refractivity contribution in [1.82, 2.24) is 19.5 Å². The molecule has 1 N–H and O–H groups in total. The van der Waals surface area contributed by atoms with Gasteiger partial charge in [0.25, 0.3) is 0 Å². The number of halogens is 5. The van der Waals surface area contributed by atoms with Crippen molar-refractivity contribution in [3.8, 4) is 16.9 Å². The lowest BCUT2D eigenvalue weighted by Crippen LogP contribution is -2.26. The molecule has 0 aliphatic carbocycles. The Hall–Kier alpha value is -3.64. The third-order valence-electron chi connectivity index (χ3n) is 6.82. The number of hydrogen-bond acceptors (Lipinski definition) is 6. The molecule has 0 saturated heterocycles. The monoisotopic (exact) mass is 532 g/mol. The zero-order chi connectivity index (χ0) is 27.0. The smallest absolute Gasteiger partial charge is 0.418 e. The summed E-state index contributed by atoms with van der Waals surface area (Å²) < 4.78 is 80.8. The number of aliphatic hydroxyl groups is 1. The van der Waals surface area contributed by atoms with E-state index < -0.39 is 36.6 Å². The van der Waals surface area contributed by atoms with Gasteiger partial charge in [-0.3, -0.25) is 0 Å². The van der Waals surface area contributed by atoms with Crippen molar-refractivity contribution in [2.24, 2.45) is 0 Å². The molecule has 4 aromatic rings. The molecule has 6 rings (SSSR count). The van der Waals surface area contributed by atoms with Crippen molar-refractivity contribution in [1.29, 1.82) is 0 Å². The number of rotatable bonds is 4. The number of imidazole rings is 1. The summed E-state index contributed by atoms with van der Waals surface area (Å²) in [6, 6.07) is 8.23. The normalized spacial score (nSPS) is 20.9. The van der Waals surface area contributed by atoms with Crippen molar-refractivity contribution < 1.29 is 36.5 Å². The molecule has 198 valence electrons. The van der Waals surface area contributed by atoms with Crippen LogP contribution < -0.4 is 4.74 Å². The second kappa shape index (κ2) is 8.43. The van der Waals surface area contributed by atoms with Gasteiger partial charge in [-0.1, -0.05) is 18.2 Å². The minimum Gasteiger partial charge on any atom is -0.434 e. The average Bonchev–Trinajstić information content (AvgIpc) is 3.31. The fraction of sp³-hybridized carbons (Fsp3) is 0.346. The molecule has 0 amide bonds. The van der Waals surface area contributed by atoms with Crippen LogP contribution in [0.2, 0.25) is 0 Å². The van der Waals surface area contributed by atoms with E-state index in [0.717, 1.165) is 0 Å². The minimum atomic E-state index is -4.78. The maximum absolute atomic E-state index is 14.1. The van der Waals surface area contributed by atoms with Gasteiger partial charge in [-0.25, -0.2) is 15.0 Å². The summed E-state index contributed by atoms with van der Waals surface area (Å²) in [5, 5.41) is 10.1. The molecule has 0 unspecified atom stereocenters. The number of nitrogens with zero attached hydrogens (tertiary/aromatic N) is 4. The molecular formula is C26H21F5N4O3. The zero-order valence-corrected chi connectivity index (χ0v) is 20.1. The van der Waals surface area contributed by atoms with Crippen LogP contribution in [0.5, 0.6) is 5.75 Å². The molecule has 7 nitrogen and oxygen atoms in total. The van der Waals surface area contributed by atoms with Crippen LogP contribution in [-0.2, 0) is 10.3 Å². The average molecular weight is 532 g/mol. The van der Waals surface area contributed by atoms with E-state index in [2.05, 4.69) is 19.7 Å². The first-order valence-corrected chi connectivity index (χ1v) is 11.8. The number of ether oxygens (including phenoxy) is 2. The Morgan fingerprint density at radius 1 is 1.08 bits per heavy atom. The van der Waals surface area contributed by atoms with Crippen LogP contribution >= 0.6 is 0 Å². The van der Waals surface area contributed by atoms with Crippen LogP contribution in [0.25, 0.3) is 22.2 Å². The second-order valence-electron chi connectivity index (χ2n) is 9.83. The standard InChI is InChI=1S/C26H21F5N4O3/c1-25(2,36)23-32-10-13(11-33-23)12-6-7-15-16(8-12)35-17-9-19(22(35)34-15)37-21(26(29,30)31)14-4-3-5-18(20(14)17)38-24(27)28/h3-8,10-11,17,19,21,24,36H,9H2,1-2H3/t17-,19-,21-/m1/s1. The molecule has 2 bridgehead atoms. The molecule has 3 atom stereocenters. The summed E-state index contributed by atoms with van der Waals surface area (Å²) in [6.45, 7) is -0.0800. The van der Waals surface area contributed by atoms with E-state index in [1.807, 2.05) is 0 Å². The molecule has 0 radical (unpaired) electrons. The predicted octanol–water partition coefficient (Wildman–Crippen LogP) is 5.99. The Morgan fingerprint density at radius 2 is 1.82 bits per heavy atom. The number of benzene rings is 2. The van der Waals surface area contributed by atoms with Crippen molar-refractivity contribution in [3.05, 3.63) is 71.6 Å². The third kappa shape index (κ3) is 3.99. The van der Waals surface area contributed by atoms with Crippen molar-refractivity contribution in [3.63, 3.8) is 0 Å².